The average molecular weight is 321 g/mol. The zero-order chi connectivity index (χ0) is 15.2. The van der Waals surface area contributed by atoms with Crippen LogP contribution in [0.5, 0.6) is 0 Å². The summed E-state index contributed by atoms with van der Waals surface area (Å²) < 4.78 is 0. The van der Waals surface area contributed by atoms with Gasteiger partial charge in [0.2, 0.25) is 5.91 Å². The van der Waals surface area contributed by atoms with E-state index in [-0.39, 0.29) is 12.3 Å². The standard InChI is InChI=1S/C16H14Cl2N2O/c1-11(13-4-8-15(18)9-5-13)19-20-16(21)10-12-2-6-14(17)7-3-12/h2-9H,10H2,1H3,(H,20,21). The number of hydrazone groups is 1. The third-order valence-corrected chi connectivity index (χ3v) is 3.39. The highest BCUT2D eigenvalue weighted by Crippen LogP contribution is 2.11. The van der Waals surface area contributed by atoms with E-state index in [1.54, 1.807) is 24.3 Å². The van der Waals surface area contributed by atoms with Crippen molar-refractivity contribution in [3.8, 4) is 0 Å². The van der Waals surface area contributed by atoms with Crippen LogP contribution in [-0.4, -0.2) is 11.6 Å². The smallest absolute Gasteiger partial charge is 0.244 e. The maximum atomic E-state index is 11.8. The van der Waals surface area contributed by atoms with E-state index < -0.39 is 0 Å². The Labute approximate surface area is 133 Å². The third kappa shape index (κ3) is 4.88. The first-order valence-electron chi connectivity index (χ1n) is 6.38. The Morgan fingerprint density at radius 3 is 2.10 bits per heavy atom. The van der Waals surface area contributed by atoms with E-state index in [0.717, 1.165) is 16.8 Å². The number of nitrogens with zero attached hydrogens (tertiary/aromatic N) is 1. The number of carbonyl (C=O) groups is 1. The quantitative estimate of drug-likeness (QED) is 0.669. The van der Waals surface area contributed by atoms with Crippen LogP contribution >= 0.6 is 23.2 Å². The van der Waals surface area contributed by atoms with Crippen LogP contribution in [0.4, 0.5) is 0 Å². The van der Waals surface area contributed by atoms with Crippen LogP contribution in [-0.2, 0) is 11.2 Å². The monoisotopic (exact) mass is 320 g/mol. The molecule has 0 spiro atoms. The van der Waals surface area contributed by atoms with Gasteiger partial charge in [0.05, 0.1) is 12.1 Å². The van der Waals surface area contributed by atoms with E-state index in [1.165, 1.54) is 0 Å². The fraction of sp³-hybridized carbons (Fsp3) is 0.125. The molecule has 0 fully saturated rings. The van der Waals surface area contributed by atoms with Crippen LogP contribution in [0.1, 0.15) is 18.1 Å². The fourth-order valence-corrected chi connectivity index (χ4v) is 1.98. The molecule has 0 saturated heterocycles. The molecule has 108 valence electrons. The summed E-state index contributed by atoms with van der Waals surface area (Å²) in [5.74, 6) is -0.175. The number of carbonyl (C=O) groups excluding carboxylic acids is 1. The van der Waals surface area contributed by atoms with Gasteiger partial charge >= 0.3 is 0 Å². The molecular formula is C16H14Cl2N2O. The first kappa shape index (κ1) is 15.5. The molecule has 0 radical (unpaired) electrons. The molecule has 1 N–H and O–H groups in total. The van der Waals surface area contributed by atoms with E-state index in [0.29, 0.717) is 10.0 Å². The van der Waals surface area contributed by atoms with Gasteiger partial charge in [-0.1, -0.05) is 47.5 Å². The molecule has 5 heteroatoms. The molecule has 3 nitrogen and oxygen atoms in total. The van der Waals surface area contributed by atoms with Crippen molar-refractivity contribution in [1.29, 1.82) is 0 Å². The normalized spacial score (nSPS) is 11.3. The molecule has 21 heavy (non-hydrogen) atoms. The molecule has 2 rings (SSSR count). The van der Waals surface area contributed by atoms with Crippen LogP contribution in [0, 0.1) is 0 Å². The van der Waals surface area contributed by atoms with Crippen molar-refractivity contribution in [1.82, 2.24) is 5.43 Å². The Morgan fingerprint density at radius 1 is 1.00 bits per heavy atom. The molecule has 0 unspecified atom stereocenters. The number of benzene rings is 2. The van der Waals surface area contributed by atoms with Crippen molar-refractivity contribution in [3.05, 3.63) is 69.7 Å². The first-order valence-corrected chi connectivity index (χ1v) is 7.14. The zero-order valence-corrected chi connectivity index (χ0v) is 12.9. The van der Waals surface area contributed by atoms with Gasteiger partial charge in [-0.2, -0.15) is 5.10 Å². The SMILES string of the molecule is CC(=NNC(=O)Cc1ccc(Cl)cc1)c1ccc(Cl)cc1. The number of nitrogens with one attached hydrogen (secondary N) is 1. The number of amides is 1. The number of halogens is 2. The lowest BCUT2D eigenvalue weighted by Gasteiger charge is -2.03. The van der Waals surface area contributed by atoms with E-state index >= 15 is 0 Å². The minimum absolute atomic E-state index is 0.175. The van der Waals surface area contributed by atoms with Crippen molar-refractivity contribution in [2.75, 3.05) is 0 Å². The van der Waals surface area contributed by atoms with Crippen LogP contribution < -0.4 is 5.43 Å². The van der Waals surface area contributed by atoms with Gasteiger partial charge in [0.15, 0.2) is 0 Å². The van der Waals surface area contributed by atoms with Gasteiger partial charge in [-0.25, -0.2) is 5.43 Å². The van der Waals surface area contributed by atoms with Crippen LogP contribution in [0.3, 0.4) is 0 Å². The van der Waals surface area contributed by atoms with Crippen LogP contribution in [0.2, 0.25) is 10.0 Å². The highest BCUT2D eigenvalue weighted by atomic mass is 35.5. The van der Waals surface area contributed by atoms with Crippen LogP contribution in [0.15, 0.2) is 53.6 Å². The molecule has 0 aromatic heterocycles. The van der Waals surface area contributed by atoms with Crippen molar-refractivity contribution in [3.63, 3.8) is 0 Å². The average Bonchev–Trinajstić information content (AvgIpc) is 2.48. The molecule has 2 aromatic rings. The summed E-state index contributed by atoms with van der Waals surface area (Å²) >= 11 is 11.6. The van der Waals surface area contributed by atoms with Gasteiger partial charge in [-0.05, 0) is 42.3 Å². The summed E-state index contributed by atoms with van der Waals surface area (Å²) in [6, 6.07) is 14.4. The maximum absolute atomic E-state index is 11.8. The molecule has 0 atom stereocenters. The largest absolute Gasteiger partial charge is 0.273 e. The first-order chi connectivity index (χ1) is 10.0. The second-order valence-electron chi connectivity index (χ2n) is 4.54. The Balaban J connectivity index is 1.94. The van der Waals surface area contributed by atoms with Crippen molar-refractivity contribution >= 4 is 34.8 Å². The lowest BCUT2D eigenvalue weighted by molar-refractivity contribution is -0.120. The lowest BCUT2D eigenvalue weighted by Crippen LogP contribution is -2.21. The maximum Gasteiger partial charge on any atom is 0.244 e. The van der Waals surface area contributed by atoms with E-state index in [1.807, 2.05) is 31.2 Å². The highest BCUT2D eigenvalue weighted by molar-refractivity contribution is 6.30. The predicted octanol–water partition coefficient (Wildman–Crippen LogP) is 4.08. The summed E-state index contributed by atoms with van der Waals surface area (Å²) in [7, 11) is 0. The van der Waals surface area contributed by atoms with Crippen molar-refractivity contribution in [2.24, 2.45) is 5.10 Å². The van der Waals surface area contributed by atoms with Gasteiger partial charge in [0, 0.05) is 10.0 Å². The van der Waals surface area contributed by atoms with E-state index in [2.05, 4.69) is 10.5 Å². The topological polar surface area (TPSA) is 41.5 Å². The molecular weight excluding hydrogens is 307 g/mol. The van der Waals surface area contributed by atoms with E-state index in [4.69, 9.17) is 23.2 Å². The van der Waals surface area contributed by atoms with Gasteiger partial charge in [-0.3, -0.25) is 4.79 Å². The summed E-state index contributed by atoms with van der Waals surface area (Å²) in [5, 5.41) is 5.40. The Hall–Kier alpha value is -1.84. The van der Waals surface area contributed by atoms with E-state index in [9.17, 15) is 4.79 Å². The van der Waals surface area contributed by atoms with Gasteiger partial charge in [0.25, 0.3) is 0 Å². The molecule has 0 aliphatic carbocycles. The second kappa shape index (κ2) is 7.25. The van der Waals surface area contributed by atoms with Crippen molar-refractivity contribution < 1.29 is 4.79 Å². The number of hydrogen-bond donors (Lipinski definition) is 1. The highest BCUT2D eigenvalue weighted by Gasteiger charge is 2.03. The molecule has 1 amide bonds. The lowest BCUT2D eigenvalue weighted by atomic mass is 10.1. The zero-order valence-electron chi connectivity index (χ0n) is 11.4. The molecule has 2 aromatic carbocycles. The van der Waals surface area contributed by atoms with Crippen LogP contribution in [0.25, 0.3) is 0 Å². The second-order valence-corrected chi connectivity index (χ2v) is 5.42. The molecule has 0 aliphatic rings. The summed E-state index contributed by atoms with van der Waals surface area (Å²) in [6.07, 6.45) is 0.258. The molecule has 0 bridgehead atoms. The Bertz CT molecular complexity index is 649. The number of rotatable bonds is 4. The minimum Gasteiger partial charge on any atom is -0.273 e. The molecule has 0 aliphatic heterocycles. The Kier molecular flexibility index (Phi) is 5.37. The summed E-state index contributed by atoms with van der Waals surface area (Å²) in [5.41, 5.74) is 5.05. The number of hydrogen-bond acceptors (Lipinski definition) is 2. The fourth-order valence-electron chi connectivity index (χ4n) is 1.73. The summed E-state index contributed by atoms with van der Waals surface area (Å²) in [4.78, 5) is 11.8. The summed E-state index contributed by atoms with van der Waals surface area (Å²) in [6.45, 7) is 1.83. The minimum atomic E-state index is -0.175. The third-order valence-electron chi connectivity index (χ3n) is 2.89. The predicted molar refractivity (Wildman–Crippen MR) is 87.0 cm³/mol. The van der Waals surface area contributed by atoms with Gasteiger partial charge in [-0.15, -0.1) is 0 Å². The molecule has 0 heterocycles. The van der Waals surface area contributed by atoms with Gasteiger partial charge in [0.1, 0.15) is 0 Å². The molecule has 0 saturated carbocycles. The Morgan fingerprint density at radius 2 is 1.52 bits per heavy atom. The van der Waals surface area contributed by atoms with Crippen molar-refractivity contribution in [2.45, 2.75) is 13.3 Å². The van der Waals surface area contributed by atoms with Gasteiger partial charge < -0.3 is 0 Å².